The number of β-amino-alcohol motifs (C(OH)–C–C–N with tert-alkyl or cyclic N) is 1. The molecular formula is C48H58N10O7S. The first-order valence-corrected chi connectivity index (χ1v) is 23.8. The van der Waals surface area contributed by atoms with Crippen molar-refractivity contribution in [2.24, 2.45) is 5.92 Å². The van der Waals surface area contributed by atoms with E-state index in [2.05, 4.69) is 40.8 Å². The van der Waals surface area contributed by atoms with E-state index in [9.17, 15) is 24.6 Å². The maximum Gasteiger partial charge on any atom is 0.263 e. The Balaban J connectivity index is 0.770. The molecule has 3 aromatic heterocycles. The molecule has 0 saturated carbocycles. The number of aromatic hydroxyl groups is 1. The van der Waals surface area contributed by atoms with E-state index in [1.54, 1.807) is 36.5 Å². The zero-order valence-corrected chi connectivity index (χ0v) is 38.8. The van der Waals surface area contributed by atoms with Crippen LogP contribution >= 0.6 is 11.3 Å². The van der Waals surface area contributed by atoms with Crippen LogP contribution < -0.4 is 20.3 Å². The molecule has 348 valence electrons. The summed E-state index contributed by atoms with van der Waals surface area (Å²) in [6.45, 7) is 13.9. The number of aliphatic hydroxyl groups is 1. The molecule has 4 aliphatic rings. The molecule has 17 nitrogen and oxygen atoms in total. The smallest absolute Gasteiger partial charge is 0.263 e. The number of carbonyl (C=O) groups is 3. The van der Waals surface area contributed by atoms with Gasteiger partial charge in [-0.2, -0.15) is 0 Å². The number of likely N-dealkylation sites (tertiary alicyclic amines) is 2. The van der Waals surface area contributed by atoms with Crippen molar-refractivity contribution in [1.29, 1.82) is 0 Å². The lowest BCUT2D eigenvalue weighted by molar-refractivity contribution is -0.141. The lowest BCUT2D eigenvalue weighted by atomic mass is 9.91. The number of phenolic OH excluding ortho intramolecular Hbond substituents is 1. The van der Waals surface area contributed by atoms with Crippen molar-refractivity contribution in [3.8, 4) is 33.3 Å². The third kappa shape index (κ3) is 9.18. The Hall–Kier alpha value is -6.11. The van der Waals surface area contributed by atoms with Crippen LogP contribution in [-0.4, -0.2) is 139 Å². The molecule has 7 heterocycles. The molecule has 18 heteroatoms. The van der Waals surface area contributed by atoms with Crippen molar-refractivity contribution in [1.82, 2.24) is 40.4 Å². The van der Waals surface area contributed by atoms with E-state index < -0.39 is 24.2 Å². The highest BCUT2D eigenvalue weighted by molar-refractivity contribution is 7.13. The van der Waals surface area contributed by atoms with Gasteiger partial charge in [-0.1, -0.05) is 50.2 Å². The monoisotopic (exact) mass is 918 g/mol. The molecule has 66 heavy (non-hydrogen) atoms. The molecule has 6 atom stereocenters. The fourth-order valence-electron chi connectivity index (χ4n) is 10.00. The van der Waals surface area contributed by atoms with Crippen LogP contribution in [0, 0.1) is 12.8 Å². The van der Waals surface area contributed by atoms with Crippen LogP contribution in [0.3, 0.4) is 0 Å². The normalized spacial score (nSPS) is 21.4. The number of amides is 3. The van der Waals surface area contributed by atoms with Crippen LogP contribution in [0.5, 0.6) is 11.6 Å². The van der Waals surface area contributed by atoms with Gasteiger partial charge in [0, 0.05) is 69.9 Å². The van der Waals surface area contributed by atoms with E-state index in [-0.39, 0.29) is 66.1 Å². The summed E-state index contributed by atoms with van der Waals surface area (Å²) in [7, 11) is 0. The first-order valence-electron chi connectivity index (χ1n) is 22.9. The van der Waals surface area contributed by atoms with Crippen LogP contribution in [0.4, 0.5) is 11.5 Å². The molecule has 3 amide bonds. The number of phenols is 1. The van der Waals surface area contributed by atoms with Gasteiger partial charge in [0.1, 0.15) is 17.7 Å². The van der Waals surface area contributed by atoms with Gasteiger partial charge in [0.25, 0.3) is 11.8 Å². The summed E-state index contributed by atoms with van der Waals surface area (Å²) in [6.07, 6.45) is 0.0968. The standard InChI is InChI=1S/C48H58N10O7S/c1-27(2)43(48(63)58-25-35(59)20-39(58)46(61)51-28(3)31-10-12-32(13-11-31)44-29(4)50-26-66-44)41-22-42(54-65-41)64-30(5)47(62)55-16-14-33(15-17-55)56-18-19-57-34(24-56)23-49-45-38(57)21-37(52-53-45)36-8-6-7-9-40(36)60/h6-13,21-22,26-28,30,33-35,39,43,59-60H,14-20,23-25H2,1-5H3,(H,49,53)(H,51,61)/t28-,30-,34-,35+,39-,43+/m0/s1. The van der Waals surface area contributed by atoms with Gasteiger partial charge in [-0.25, -0.2) is 4.98 Å². The highest BCUT2D eigenvalue weighted by Crippen LogP contribution is 2.38. The minimum Gasteiger partial charge on any atom is -0.507 e. The summed E-state index contributed by atoms with van der Waals surface area (Å²) in [5.41, 5.74) is 7.03. The molecule has 3 saturated heterocycles. The second-order valence-corrected chi connectivity index (χ2v) is 19.2. The van der Waals surface area contributed by atoms with Crippen LogP contribution in [0.25, 0.3) is 21.7 Å². The highest BCUT2D eigenvalue weighted by Gasteiger charge is 2.44. The van der Waals surface area contributed by atoms with Gasteiger partial charge in [0.15, 0.2) is 17.7 Å². The Morgan fingerprint density at radius 1 is 0.939 bits per heavy atom. The first-order chi connectivity index (χ1) is 31.8. The average molecular weight is 919 g/mol. The van der Waals surface area contributed by atoms with E-state index in [1.807, 2.05) is 80.6 Å². The minimum absolute atomic E-state index is 0.0119. The number of aromatic nitrogens is 4. The van der Waals surface area contributed by atoms with E-state index in [4.69, 9.17) is 9.26 Å². The number of hydrogen-bond acceptors (Lipinski definition) is 15. The molecule has 5 aromatic rings. The van der Waals surface area contributed by atoms with Gasteiger partial charge in [0.2, 0.25) is 11.8 Å². The zero-order chi connectivity index (χ0) is 46.2. The van der Waals surface area contributed by atoms with Crippen LogP contribution in [-0.2, 0) is 14.4 Å². The fraction of sp³-hybridized carbons (Fsp3) is 0.479. The summed E-state index contributed by atoms with van der Waals surface area (Å²) < 4.78 is 11.8. The number of rotatable bonds is 12. The third-order valence-electron chi connectivity index (χ3n) is 13.6. The number of hydrogen-bond donors (Lipinski definition) is 4. The molecule has 0 unspecified atom stereocenters. The van der Waals surface area contributed by atoms with E-state index in [1.165, 1.54) is 4.90 Å². The quantitative estimate of drug-likeness (QED) is 0.127. The molecule has 0 aliphatic carbocycles. The number of nitrogens with zero attached hydrogens (tertiary/aromatic N) is 8. The Morgan fingerprint density at radius 3 is 2.44 bits per heavy atom. The largest absolute Gasteiger partial charge is 0.507 e. The number of piperidine rings is 1. The predicted molar refractivity (Wildman–Crippen MR) is 249 cm³/mol. The number of benzene rings is 2. The molecule has 0 spiro atoms. The van der Waals surface area contributed by atoms with Crippen LogP contribution in [0.2, 0.25) is 0 Å². The number of carbonyl (C=O) groups excluding carboxylic acids is 3. The predicted octanol–water partition coefficient (Wildman–Crippen LogP) is 5.22. The Kier molecular flexibility index (Phi) is 13.0. The second kappa shape index (κ2) is 19.0. The lowest BCUT2D eigenvalue weighted by Crippen LogP contribution is -2.61. The minimum atomic E-state index is -0.872. The average Bonchev–Trinajstić information content (AvgIpc) is 4.08. The van der Waals surface area contributed by atoms with Crippen molar-refractivity contribution < 1.29 is 33.9 Å². The summed E-state index contributed by atoms with van der Waals surface area (Å²) in [5, 5.41) is 40.6. The number of anilines is 2. The molecule has 4 aliphatic heterocycles. The Morgan fingerprint density at radius 2 is 1.71 bits per heavy atom. The maximum absolute atomic E-state index is 14.3. The maximum atomic E-state index is 14.3. The van der Waals surface area contributed by atoms with E-state index in [0.717, 1.165) is 72.2 Å². The number of fused-ring (bicyclic) bond motifs is 3. The SMILES string of the molecule is Cc1ncsc1-c1ccc([C@H](C)NC(=O)[C@@H]2C[C@@H](O)CN2C(=O)[C@@H](c2cc(O[C@@H](C)C(=O)N3CCC(N4CCN5c6cc(-c7ccccc7O)nnc6NC[C@H]5C4)CC3)no2)C(C)C)cc1. The van der Waals surface area contributed by atoms with Crippen molar-refractivity contribution in [2.45, 2.75) is 96.2 Å². The highest BCUT2D eigenvalue weighted by atomic mass is 32.1. The number of para-hydroxylation sites is 1. The molecule has 0 bridgehead atoms. The van der Waals surface area contributed by atoms with Crippen molar-refractivity contribution >= 4 is 40.6 Å². The van der Waals surface area contributed by atoms with Crippen molar-refractivity contribution in [2.75, 3.05) is 56.0 Å². The van der Waals surface area contributed by atoms with Gasteiger partial charge >= 0.3 is 0 Å². The first kappa shape index (κ1) is 45.1. The third-order valence-corrected chi connectivity index (χ3v) is 14.6. The number of piperazine rings is 1. The van der Waals surface area contributed by atoms with Gasteiger partial charge < -0.3 is 44.8 Å². The number of aliphatic hydroxyl groups excluding tert-OH is 1. The number of nitrogens with one attached hydrogen (secondary N) is 2. The molecule has 3 fully saturated rings. The number of ether oxygens (including phenoxy) is 1. The van der Waals surface area contributed by atoms with E-state index >= 15 is 0 Å². The summed E-state index contributed by atoms with van der Waals surface area (Å²) in [4.78, 5) is 55.4. The number of aryl methyl sites for hydroxylation is 1. The fourth-order valence-corrected chi connectivity index (χ4v) is 10.8. The van der Waals surface area contributed by atoms with Crippen LogP contribution in [0.15, 0.2) is 70.7 Å². The van der Waals surface area contributed by atoms with Gasteiger partial charge in [-0.05, 0) is 74.0 Å². The molecule has 0 radical (unpaired) electrons. The summed E-state index contributed by atoms with van der Waals surface area (Å²) in [5.74, 6) is -0.619. The van der Waals surface area contributed by atoms with Gasteiger partial charge in [-0.3, -0.25) is 19.3 Å². The molecule has 9 rings (SSSR count). The zero-order valence-electron chi connectivity index (χ0n) is 38.0. The Labute approximate surface area is 388 Å². The summed E-state index contributed by atoms with van der Waals surface area (Å²) in [6, 6.07) is 18.1. The van der Waals surface area contributed by atoms with Gasteiger partial charge in [-0.15, -0.1) is 21.5 Å². The van der Waals surface area contributed by atoms with Crippen molar-refractivity contribution in [3.05, 3.63) is 83.2 Å². The molecule has 2 aromatic carbocycles. The van der Waals surface area contributed by atoms with E-state index in [0.29, 0.717) is 30.4 Å². The Bertz CT molecular complexity index is 2540. The second-order valence-electron chi connectivity index (χ2n) is 18.3. The lowest BCUT2D eigenvalue weighted by Gasteiger charge is -2.49. The molecular weight excluding hydrogens is 861 g/mol. The molecule has 4 N–H and O–H groups in total. The van der Waals surface area contributed by atoms with Crippen molar-refractivity contribution in [3.63, 3.8) is 0 Å². The van der Waals surface area contributed by atoms with Gasteiger partial charge in [0.05, 0.1) is 45.7 Å². The topological polar surface area (TPSA) is 203 Å². The van der Waals surface area contributed by atoms with Crippen LogP contribution in [0.1, 0.15) is 75.9 Å². The summed E-state index contributed by atoms with van der Waals surface area (Å²) >= 11 is 1.58. The number of thiazole rings is 1.